The Kier molecular flexibility index (Phi) is 4.31. The maximum absolute atomic E-state index is 5.63. The summed E-state index contributed by atoms with van der Waals surface area (Å²) in [7, 11) is 0. The number of fused-ring (bicyclic) bond motifs is 1. The molecule has 1 aliphatic heterocycles. The van der Waals surface area contributed by atoms with Gasteiger partial charge >= 0.3 is 0 Å². The van der Waals surface area contributed by atoms with E-state index in [1.807, 2.05) is 6.92 Å². The molecule has 2 aromatic rings. The molecule has 0 saturated carbocycles. The topological polar surface area (TPSA) is 60.2 Å². The summed E-state index contributed by atoms with van der Waals surface area (Å²) in [6, 6.07) is 8.54. The molecule has 0 aliphatic carbocycles. The minimum Gasteiger partial charge on any atom is -0.370 e. The molecule has 0 bridgehead atoms. The van der Waals surface area contributed by atoms with Gasteiger partial charge in [-0.25, -0.2) is 0 Å². The molecular weight excluding hydrogens is 266 g/mol. The van der Waals surface area contributed by atoms with Crippen LogP contribution in [0.1, 0.15) is 55.3 Å². The van der Waals surface area contributed by atoms with E-state index in [-0.39, 0.29) is 12.1 Å². The normalized spacial score (nSPS) is 19.2. The van der Waals surface area contributed by atoms with Crippen LogP contribution in [0.3, 0.4) is 0 Å². The van der Waals surface area contributed by atoms with Gasteiger partial charge in [-0.2, -0.15) is 4.98 Å². The van der Waals surface area contributed by atoms with E-state index in [1.54, 1.807) is 0 Å². The second-order valence-electron chi connectivity index (χ2n) is 5.25. The van der Waals surface area contributed by atoms with Gasteiger partial charge in [-0.15, -0.1) is 0 Å². The summed E-state index contributed by atoms with van der Waals surface area (Å²) in [5.41, 5.74) is 2.69. The van der Waals surface area contributed by atoms with Crippen molar-refractivity contribution in [2.45, 2.75) is 45.4 Å². The van der Waals surface area contributed by atoms with Gasteiger partial charge in [0.15, 0.2) is 0 Å². The third-order valence-electron chi connectivity index (χ3n) is 3.86. The first-order valence-corrected chi connectivity index (χ1v) is 7.57. The number of ether oxygens (including phenoxy) is 1. The molecule has 5 nitrogen and oxygen atoms in total. The van der Waals surface area contributed by atoms with Gasteiger partial charge in [0.25, 0.3) is 0 Å². The highest BCUT2D eigenvalue weighted by molar-refractivity contribution is 5.30. The number of hydrogen-bond acceptors (Lipinski definition) is 5. The van der Waals surface area contributed by atoms with Crippen molar-refractivity contribution in [1.82, 2.24) is 15.5 Å². The summed E-state index contributed by atoms with van der Waals surface area (Å²) in [6.45, 7) is 5.52. The molecular formula is C16H21N3O2. The monoisotopic (exact) mass is 287 g/mol. The SMILES string of the molecule is CCOC(CC)c1noc([C@H]2Cc3ccccc3CN2)n1. The number of nitrogens with one attached hydrogen (secondary N) is 1. The second kappa shape index (κ2) is 6.37. The minimum absolute atomic E-state index is 0.0802. The van der Waals surface area contributed by atoms with E-state index in [2.05, 4.69) is 46.6 Å². The highest BCUT2D eigenvalue weighted by atomic mass is 16.5. The Balaban J connectivity index is 1.75. The summed E-state index contributed by atoms with van der Waals surface area (Å²) in [5.74, 6) is 1.30. The van der Waals surface area contributed by atoms with Crippen molar-refractivity contribution in [2.24, 2.45) is 0 Å². The van der Waals surface area contributed by atoms with Crippen LogP contribution in [0.25, 0.3) is 0 Å². The van der Waals surface area contributed by atoms with Gasteiger partial charge in [0.05, 0.1) is 6.04 Å². The minimum atomic E-state index is -0.0802. The summed E-state index contributed by atoms with van der Waals surface area (Å²) < 4.78 is 11.1. The molecule has 0 saturated heterocycles. The molecule has 5 heteroatoms. The van der Waals surface area contributed by atoms with E-state index in [1.165, 1.54) is 11.1 Å². The maximum atomic E-state index is 5.63. The summed E-state index contributed by atoms with van der Waals surface area (Å²) in [6.07, 6.45) is 1.64. The van der Waals surface area contributed by atoms with Gasteiger partial charge in [-0.3, -0.25) is 0 Å². The van der Waals surface area contributed by atoms with Crippen molar-refractivity contribution in [1.29, 1.82) is 0 Å². The van der Waals surface area contributed by atoms with Crippen molar-refractivity contribution in [3.8, 4) is 0 Å². The number of hydrogen-bond donors (Lipinski definition) is 1. The fourth-order valence-electron chi connectivity index (χ4n) is 2.72. The van der Waals surface area contributed by atoms with Crippen molar-refractivity contribution in [3.63, 3.8) is 0 Å². The largest absolute Gasteiger partial charge is 0.370 e. The van der Waals surface area contributed by atoms with Gasteiger partial charge in [0, 0.05) is 13.2 Å². The molecule has 21 heavy (non-hydrogen) atoms. The van der Waals surface area contributed by atoms with Crippen LogP contribution in [-0.4, -0.2) is 16.7 Å². The Morgan fingerprint density at radius 3 is 2.90 bits per heavy atom. The fourth-order valence-corrected chi connectivity index (χ4v) is 2.72. The lowest BCUT2D eigenvalue weighted by atomic mass is 9.96. The van der Waals surface area contributed by atoms with Crippen LogP contribution in [0.5, 0.6) is 0 Å². The maximum Gasteiger partial charge on any atom is 0.244 e. The lowest BCUT2D eigenvalue weighted by Crippen LogP contribution is -2.28. The molecule has 1 aliphatic rings. The zero-order valence-electron chi connectivity index (χ0n) is 12.5. The molecule has 112 valence electrons. The fraction of sp³-hybridized carbons (Fsp3) is 0.500. The third kappa shape index (κ3) is 2.99. The van der Waals surface area contributed by atoms with Crippen molar-refractivity contribution in [2.75, 3.05) is 6.61 Å². The number of nitrogens with zero attached hydrogens (tertiary/aromatic N) is 2. The molecule has 1 N–H and O–H groups in total. The summed E-state index contributed by atoms with van der Waals surface area (Å²) in [5, 5.41) is 7.54. The van der Waals surface area contributed by atoms with Gasteiger partial charge in [-0.05, 0) is 30.9 Å². The van der Waals surface area contributed by atoms with Crippen LogP contribution in [0, 0.1) is 0 Å². The van der Waals surface area contributed by atoms with Crippen molar-refractivity contribution >= 4 is 0 Å². The van der Waals surface area contributed by atoms with E-state index < -0.39 is 0 Å². The van der Waals surface area contributed by atoms with Crippen LogP contribution in [0.2, 0.25) is 0 Å². The molecule has 0 fully saturated rings. The second-order valence-corrected chi connectivity index (χ2v) is 5.25. The van der Waals surface area contributed by atoms with E-state index >= 15 is 0 Å². The summed E-state index contributed by atoms with van der Waals surface area (Å²) >= 11 is 0. The van der Waals surface area contributed by atoms with E-state index in [4.69, 9.17) is 9.26 Å². The molecule has 2 atom stereocenters. The average molecular weight is 287 g/mol. The summed E-state index contributed by atoms with van der Waals surface area (Å²) in [4.78, 5) is 4.53. The lowest BCUT2D eigenvalue weighted by Gasteiger charge is -2.23. The van der Waals surface area contributed by atoms with Crippen LogP contribution in [0.15, 0.2) is 28.8 Å². The predicted molar refractivity (Wildman–Crippen MR) is 78.7 cm³/mol. The smallest absolute Gasteiger partial charge is 0.244 e. The van der Waals surface area contributed by atoms with Crippen LogP contribution < -0.4 is 5.32 Å². The van der Waals surface area contributed by atoms with Crippen molar-refractivity contribution < 1.29 is 9.26 Å². The predicted octanol–water partition coefficient (Wildman–Crippen LogP) is 2.94. The molecule has 0 amide bonds. The van der Waals surface area contributed by atoms with Gasteiger partial charge in [0.2, 0.25) is 11.7 Å². The first-order valence-electron chi connectivity index (χ1n) is 7.57. The number of benzene rings is 1. The van der Waals surface area contributed by atoms with Crippen LogP contribution in [-0.2, 0) is 17.7 Å². The number of aromatic nitrogens is 2. The first-order chi connectivity index (χ1) is 10.3. The highest BCUT2D eigenvalue weighted by Gasteiger charge is 2.25. The zero-order chi connectivity index (χ0) is 14.7. The Morgan fingerprint density at radius 2 is 2.14 bits per heavy atom. The van der Waals surface area contributed by atoms with Crippen LogP contribution >= 0.6 is 0 Å². The zero-order valence-corrected chi connectivity index (χ0v) is 12.5. The quantitative estimate of drug-likeness (QED) is 0.916. The van der Waals surface area contributed by atoms with Gasteiger partial charge in [0.1, 0.15) is 6.10 Å². The third-order valence-corrected chi connectivity index (χ3v) is 3.86. The van der Waals surface area contributed by atoms with Gasteiger partial charge in [-0.1, -0.05) is 36.3 Å². The van der Waals surface area contributed by atoms with Gasteiger partial charge < -0.3 is 14.6 Å². The molecule has 1 aromatic heterocycles. The lowest BCUT2D eigenvalue weighted by molar-refractivity contribution is 0.0518. The Hall–Kier alpha value is -1.72. The Morgan fingerprint density at radius 1 is 1.33 bits per heavy atom. The number of rotatable bonds is 5. The van der Waals surface area contributed by atoms with Crippen LogP contribution in [0.4, 0.5) is 0 Å². The molecule has 0 spiro atoms. The first kappa shape index (κ1) is 14.2. The Labute approximate surface area is 124 Å². The molecule has 1 unspecified atom stereocenters. The molecule has 0 radical (unpaired) electrons. The standard InChI is InChI=1S/C16H21N3O2/c1-3-14(20-4-2)15-18-16(21-19-15)13-9-11-7-5-6-8-12(11)10-17-13/h5-8,13-14,17H,3-4,9-10H2,1-2H3/t13-,14?/m1/s1. The molecule has 1 aromatic carbocycles. The Bertz CT molecular complexity index is 597. The van der Waals surface area contributed by atoms with E-state index in [0.29, 0.717) is 18.3 Å². The van der Waals surface area contributed by atoms with Crippen molar-refractivity contribution in [3.05, 3.63) is 47.1 Å². The average Bonchev–Trinajstić information content (AvgIpc) is 3.02. The van der Waals surface area contributed by atoms with E-state index in [0.717, 1.165) is 19.4 Å². The van der Waals surface area contributed by atoms with E-state index in [9.17, 15) is 0 Å². The highest BCUT2D eigenvalue weighted by Crippen LogP contribution is 2.26. The molecule has 3 rings (SSSR count). The molecule has 2 heterocycles.